The van der Waals surface area contributed by atoms with E-state index >= 15 is 0 Å². The highest BCUT2D eigenvalue weighted by Gasteiger charge is 2.37. The molecule has 1 aliphatic rings. The third kappa shape index (κ3) is 3.20. The molecule has 0 saturated carbocycles. The summed E-state index contributed by atoms with van der Waals surface area (Å²) in [6.45, 7) is 5.97. The van der Waals surface area contributed by atoms with Crippen molar-refractivity contribution in [2.75, 3.05) is 32.6 Å². The van der Waals surface area contributed by atoms with Crippen molar-refractivity contribution in [3.8, 4) is 0 Å². The zero-order valence-electron chi connectivity index (χ0n) is 12.1. The molecule has 0 bridgehead atoms. The maximum atomic E-state index is 12.7. The molecule has 2 heterocycles. The Morgan fingerprint density at radius 1 is 1.35 bits per heavy atom. The van der Waals surface area contributed by atoms with E-state index in [1.807, 2.05) is 13.1 Å². The van der Waals surface area contributed by atoms with Crippen LogP contribution in [0.1, 0.15) is 18.7 Å². The zero-order valence-corrected chi connectivity index (χ0v) is 14.5. The minimum Gasteiger partial charge on any atom is -0.299 e. The Morgan fingerprint density at radius 3 is 2.65 bits per heavy atom. The molecule has 1 saturated heterocycles. The fourth-order valence-electron chi connectivity index (χ4n) is 2.25. The van der Waals surface area contributed by atoms with Crippen molar-refractivity contribution in [3.05, 3.63) is 17.0 Å². The lowest BCUT2D eigenvalue weighted by molar-refractivity contribution is 0.0802. The predicted molar refractivity (Wildman–Crippen MR) is 84.2 cm³/mol. The number of hydrogen-bond acceptors (Lipinski definition) is 4. The topological polar surface area (TPSA) is 40.6 Å². The van der Waals surface area contributed by atoms with Crippen LogP contribution < -0.4 is 0 Å². The van der Waals surface area contributed by atoms with Crippen LogP contribution in [0, 0.1) is 0 Å². The van der Waals surface area contributed by atoms with Gasteiger partial charge in [0.25, 0.3) is 10.0 Å². The average Bonchev–Trinajstić information content (AvgIpc) is 2.82. The highest BCUT2D eigenvalue weighted by Crippen LogP contribution is 2.29. The summed E-state index contributed by atoms with van der Waals surface area (Å²) in [5.74, 6) is 0.515. The smallest absolute Gasteiger partial charge is 0.252 e. The number of halogens is 1. The second kappa shape index (κ2) is 5.93. The van der Waals surface area contributed by atoms with Crippen molar-refractivity contribution in [2.45, 2.75) is 30.0 Å². The molecule has 1 fully saturated rings. The van der Waals surface area contributed by atoms with Crippen LogP contribution in [0.4, 0.5) is 0 Å². The molecule has 4 nitrogen and oxygen atoms in total. The van der Waals surface area contributed by atoms with Gasteiger partial charge in [-0.1, -0.05) is 0 Å². The Kier molecular flexibility index (Phi) is 4.81. The highest BCUT2D eigenvalue weighted by molar-refractivity contribution is 7.91. The predicted octanol–water partition coefficient (Wildman–Crippen LogP) is 2.24. The molecule has 2 rings (SSSR count). The minimum atomic E-state index is -3.37. The second-order valence-corrected chi connectivity index (χ2v) is 9.44. The van der Waals surface area contributed by atoms with Crippen molar-refractivity contribution in [1.82, 2.24) is 9.21 Å². The van der Waals surface area contributed by atoms with Gasteiger partial charge in [-0.05, 0) is 39.4 Å². The Morgan fingerprint density at radius 2 is 2.05 bits per heavy atom. The van der Waals surface area contributed by atoms with Crippen LogP contribution in [0.2, 0.25) is 0 Å². The number of sulfonamides is 1. The SMILES string of the molecule is CN1CCN(S(=O)(=O)c2ccc(CCCl)s2)CC1(C)C. The van der Waals surface area contributed by atoms with Crippen LogP contribution >= 0.6 is 22.9 Å². The number of hydrogen-bond donors (Lipinski definition) is 0. The number of aryl methyl sites for hydroxylation is 1. The van der Waals surface area contributed by atoms with Gasteiger partial charge in [0.15, 0.2) is 0 Å². The number of thiophene rings is 1. The van der Waals surface area contributed by atoms with Crippen LogP contribution in [-0.4, -0.2) is 55.7 Å². The highest BCUT2D eigenvalue weighted by atomic mass is 35.5. The Labute approximate surface area is 130 Å². The van der Waals surface area contributed by atoms with Gasteiger partial charge in [0.1, 0.15) is 4.21 Å². The molecule has 114 valence electrons. The van der Waals surface area contributed by atoms with E-state index in [9.17, 15) is 8.42 Å². The van der Waals surface area contributed by atoms with Crippen LogP contribution in [0.5, 0.6) is 0 Å². The van der Waals surface area contributed by atoms with Crippen molar-refractivity contribution >= 4 is 33.0 Å². The van der Waals surface area contributed by atoms with Gasteiger partial charge in [0, 0.05) is 35.9 Å². The summed E-state index contributed by atoms with van der Waals surface area (Å²) in [5.41, 5.74) is -0.137. The lowest BCUT2D eigenvalue weighted by atomic mass is 10.0. The molecule has 0 radical (unpaired) electrons. The van der Waals surface area contributed by atoms with Crippen LogP contribution in [0.3, 0.4) is 0 Å². The second-order valence-electron chi connectivity index (χ2n) is 5.73. The average molecular weight is 337 g/mol. The van der Waals surface area contributed by atoms with E-state index in [4.69, 9.17) is 11.6 Å². The first-order chi connectivity index (χ1) is 9.27. The summed E-state index contributed by atoms with van der Waals surface area (Å²) < 4.78 is 27.4. The first kappa shape index (κ1) is 16.2. The third-order valence-corrected chi connectivity index (χ3v) is 7.50. The Bertz CT molecular complexity index is 569. The molecular weight excluding hydrogens is 316 g/mol. The van der Waals surface area contributed by atoms with Gasteiger partial charge in [-0.2, -0.15) is 4.31 Å². The molecule has 0 spiro atoms. The molecule has 20 heavy (non-hydrogen) atoms. The van der Waals surface area contributed by atoms with Gasteiger partial charge >= 0.3 is 0 Å². The fraction of sp³-hybridized carbons (Fsp3) is 0.692. The first-order valence-electron chi connectivity index (χ1n) is 6.63. The molecule has 1 aliphatic heterocycles. The number of piperazine rings is 1. The van der Waals surface area contributed by atoms with Gasteiger partial charge in [-0.25, -0.2) is 8.42 Å². The van der Waals surface area contributed by atoms with Crippen LogP contribution in [0.25, 0.3) is 0 Å². The van der Waals surface area contributed by atoms with E-state index in [0.29, 0.717) is 23.2 Å². The summed E-state index contributed by atoms with van der Waals surface area (Å²) >= 11 is 7.03. The van der Waals surface area contributed by atoms with Gasteiger partial charge in [0.2, 0.25) is 0 Å². The monoisotopic (exact) mass is 336 g/mol. The number of nitrogens with zero attached hydrogens (tertiary/aromatic N) is 2. The number of alkyl halides is 1. The van der Waals surface area contributed by atoms with Crippen molar-refractivity contribution in [2.24, 2.45) is 0 Å². The Balaban J connectivity index is 2.21. The molecule has 0 N–H and O–H groups in total. The number of likely N-dealkylation sites (N-methyl/N-ethyl adjacent to an activating group) is 1. The third-order valence-electron chi connectivity index (χ3n) is 3.85. The van der Waals surface area contributed by atoms with E-state index in [0.717, 1.165) is 17.8 Å². The quantitative estimate of drug-likeness (QED) is 0.792. The molecule has 0 amide bonds. The van der Waals surface area contributed by atoms with Gasteiger partial charge in [0.05, 0.1) is 0 Å². The summed E-state index contributed by atoms with van der Waals surface area (Å²) in [6.07, 6.45) is 0.718. The molecule has 1 aromatic heterocycles. The normalized spacial score (nSPS) is 21.2. The molecule has 1 aromatic rings. The molecule has 0 aliphatic carbocycles. The maximum Gasteiger partial charge on any atom is 0.252 e. The lowest BCUT2D eigenvalue weighted by Crippen LogP contribution is -2.58. The largest absolute Gasteiger partial charge is 0.299 e. The standard InChI is InChI=1S/C13H21ClN2O2S2/c1-13(2)10-16(9-8-15(13)3)20(17,18)12-5-4-11(19-12)6-7-14/h4-5H,6-10H2,1-3H3. The van der Waals surface area contributed by atoms with Crippen LogP contribution in [-0.2, 0) is 16.4 Å². The van der Waals surface area contributed by atoms with E-state index in [1.54, 1.807) is 10.4 Å². The first-order valence-corrected chi connectivity index (χ1v) is 9.42. The zero-order chi connectivity index (χ0) is 15.0. The molecule has 0 unspecified atom stereocenters. The summed E-state index contributed by atoms with van der Waals surface area (Å²) in [6, 6.07) is 3.56. The maximum absolute atomic E-state index is 12.7. The van der Waals surface area contributed by atoms with Crippen molar-refractivity contribution in [1.29, 1.82) is 0 Å². The van der Waals surface area contributed by atoms with Gasteiger partial charge < -0.3 is 0 Å². The van der Waals surface area contributed by atoms with Gasteiger partial charge in [-0.3, -0.25) is 4.90 Å². The Hall–Kier alpha value is -0.140. The summed E-state index contributed by atoms with van der Waals surface area (Å²) in [4.78, 5) is 3.22. The fourth-order valence-corrected chi connectivity index (χ4v) is 5.66. The van der Waals surface area contributed by atoms with E-state index < -0.39 is 10.0 Å². The molecular formula is C13H21ClN2O2S2. The minimum absolute atomic E-state index is 0.137. The van der Waals surface area contributed by atoms with Crippen molar-refractivity contribution < 1.29 is 8.42 Å². The lowest BCUT2D eigenvalue weighted by Gasteiger charge is -2.44. The summed E-state index contributed by atoms with van der Waals surface area (Å²) in [5, 5.41) is 0. The molecule has 7 heteroatoms. The molecule has 0 atom stereocenters. The van der Waals surface area contributed by atoms with Crippen LogP contribution in [0.15, 0.2) is 16.3 Å². The molecule has 0 aromatic carbocycles. The van der Waals surface area contributed by atoms with Crippen molar-refractivity contribution in [3.63, 3.8) is 0 Å². The van der Waals surface area contributed by atoms with E-state index in [2.05, 4.69) is 18.7 Å². The van der Waals surface area contributed by atoms with E-state index in [-0.39, 0.29) is 5.54 Å². The summed E-state index contributed by atoms with van der Waals surface area (Å²) in [7, 11) is -1.34. The van der Waals surface area contributed by atoms with E-state index in [1.165, 1.54) is 11.3 Å². The number of rotatable bonds is 4. The van der Waals surface area contributed by atoms with Gasteiger partial charge in [-0.15, -0.1) is 22.9 Å².